The number of carbonyl (C=O) groups is 1. The number of anilines is 1. The van der Waals surface area contributed by atoms with Gasteiger partial charge in [0.1, 0.15) is 5.25 Å². The molecule has 1 amide bonds. The molecule has 0 spiro atoms. The minimum Gasteiger partial charge on any atom is -0.398 e. The molecule has 0 saturated heterocycles. The molecule has 1 aromatic rings. The van der Waals surface area contributed by atoms with Crippen LogP contribution in [-0.4, -0.2) is 21.9 Å². The number of nitrogens with two attached hydrogens (primary N) is 1. The highest BCUT2D eigenvalue weighted by atomic mass is 35.5. The van der Waals surface area contributed by atoms with Gasteiger partial charge in [-0.25, -0.2) is 0 Å². The van der Waals surface area contributed by atoms with Crippen molar-refractivity contribution in [1.29, 1.82) is 0 Å². The summed E-state index contributed by atoms with van der Waals surface area (Å²) >= 11 is 5.86. The normalized spacial score (nSPS) is 13.8. The number of halogens is 1. The molecule has 0 bridgehead atoms. The van der Waals surface area contributed by atoms with Gasteiger partial charge in [-0.1, -0.05) is 24.9 Å². The molecule has 0 aliphatic heterocycles. The molecule has 0 radical (unpaired) electrons. The van der Waals surface area contributed by atoms with Crippen molar-refractivity contribution in [3.05, 3.63) is 23.2 Å². The van der Waals surface area contributed by atoms with Crippen LogP contribution in [0.1, 0.15) is 26.7 Å². The van der Waals surface area contributed by atoms with E-state index in [0.717, 1.165) is 12.8 Å². The van der Waals surface area contributed by atoms with E-state index < -0.39 is 16.0 Å². The summed E-state index contributed by atoms with van der Waals surface area (Å²) < 4.78 is 12.3. The first kappa shape index (κ1) is 16.0. The van der Waals surface area contributed by atoms with Crippen LogP contribution >= 0.6 is 11.6 Å². The zero-order valence-corrected chi connectivity index (χ0v) is 12.7. The second-order valence-electron chi connectivity index (χ2n) is 4.27. The van der Waals surface area contributed by atoms with Crippen molar-refractivity contribution in [3.63, 3.8) is 0 Å². The van der Waals surface area contributed by atoms with Crippen molar-refractivity contribution in [2.24, 2.45) is 0 Å². The zero-order chi connectivity index (χ0) is 14.4. The second-order valence-corrected chi connectivity index (χ2v) is 6.44. The molecular formula is C13H19ClN2O2S. The molecule has 0 heterocycles. The van der Waals surface area contributed by atoms with Gasteiger partial charge in [0.15, 0.2) is 0 Å². The summed E-state index contributed by atoms with van der Waals surface area (Å²) in [6.07, 6.45) is 1.91. The van der Waals surface area contributed by atoms with Crippen LogP contribution in [-0.2, 0) is 15.6 Å². The maximum atomic E-state index is 12.3. The van der Waals surface area contributed by atoms with Crippen LogP contribution in [0.2, 0.25) is 5.02 Å². The van der Waals surface area contributed by atoms with Gasteiger partial charge in [-0.3, -0.25) is 9.00 Å². The van der Waals surface area contributed by atoms with Crippen molar-refractivity contribution in [2.45, 2.75) is 36.8 Å². The molecule has 106 valence electrons. The van der Waals surface area contributed by atoms with E-state index in [1.165, 1.54) is 0 Å². The number of amides is 1. The minimum absolute atomic E-state index is 0.230. The Balaban J connectivity index is 2.76. The molecule has 0 saturated carbocycles. The molecule has 4 nitrogen and oxygen atoms in total. The fourth-order valence-corrected chi connectivity index (χ4v) is 2.94. The smallest absolute Gasteiger partial charge is 0.235 e. The molecule has 1 aromatic carbocycles. The molecule has 0 fully saturated rings. The molecule has 2 unspecified atom stereocenters. The third-order valence-electron chi connectivity index (χ3n) is 2.71. The molecular weight excluding hydrogens is 284 g/mol. The van der Waals surface area contributed by atoms with Crippen molar-refractivity contribution < 1.29 is 9.00 Å². The van der Waals surface area contributed by atoms with E-state index >= 15 is 0 Å². The first-order valence-electron chi connectivity index (χ1n) is 6.20. The summed E-state index contributed by atoms with van der Waals surface area (Å²) in [5, 5.41) is 2.56. The first-order valence-corrected chi connectivity index (χ1v) is 7.79. The van der Waals surface area contributed by atoms with Crippen LogP contribution in [0.15, 0.2) is 23.1 Å². The molecule has 0 aliphatic rings. The lowest BCUT2D eigenvalue weighted by molar-refractivity contribution is -0.120. The number of hydrogen-bond donors (Lipinski definition) is 2. The Morgan fingerprint density at radius 2 is 2.21 bits per heavy atom. The Morgan fingerprint density at radius 3 is 2.84 bits per heavy atom. The van der Waals surface area contributed by atoms with Crippen LogP contribution in [0.3, 0.4) is 0 Å². The van der Waals surface area contributed by atoms with E-state index in [-0.39, 0.29) is 5.91 Å². The second kappa shape index (κ2) is 7.50. The van der Waals surface area contributed by atoms with Gasteiger partial charge in [-0.2, -0.15) is 0 Å². The highest BCUT2D eigenvalue weighted by Gasteiger charge is 2.22. The first-order chi connectivity index (χ1) is 8.97. The lowest BCUT2D eigenvalue weighted by Gasteiger charge is -2.13. The lowest BCUT2D eigenvalue weighted by Crippen LogP contribution is -2.36. The fourth-order valence-electron chi connectivity index (χ4n) is 1.50. The number of carbonyl (C=O) groups excluding carboxylic acids is 1. The largest absolute Gasteiger partial charge is 0.398 e. The van der Waals surface area contributed by atoms with E-state index in [0.29, 0.717) is 22.2 Å². The molecule has 1 rings (SSSR count). The third kappa shape index (κ3) is 4.51. The van der Waals surface area contributed by atoms with E-state index in [1.807, 2.05) is 6.92 Å². The summed E-state index contributed by atoms with van der Waals surface area (Å²) in [4.78, 5) is 12.3. The zero-order valence-electron chi connectivity index (χ0n) is 11.1. The number of nitrogens with one attached hydrogen (secondary N) is 1. The van der Waals surface area contributed by atoms with Gasteiger partial charge < -0.3 is 11.1 Å². The Labute approximate surface area is 121 Å². The van der Waals surface area contributed by atoms with E-state index in [2.05, 4.69) is 5.32 Å². The number of rotatable bonds is 6. The van der Waals surface area contributed by atoms with Crippen LogP contribution in [0, 0.1) is 0 Å². The van der Waals surface area contributed by atoms with Gasteiger partial charge in [0, 0.05) is 17.3 Å². The summed E-state index contributed by atoms with van der Waals surface area (Å²) in [5.41, 5.74) is 6.15. The number of hydrogen-bond acceptors (Lipinski definition) is 3. The van der Waals surface area contributed by atoms with Crippen LogP contribution in [0.5, 0.6) is 0 Å². The molecule has 3 N–H and O–H groups in total. The van der Waals surface area contributed by atoms with Crippen LogP contribution in [0.4, 0.5) is 5.69 Å². The van der Waals surface area contributed by atoms with Gasteiger partial charge in [0.25, 0.3) is 0 Å². The number of unbranched alkanes of at least 4 members (excludes halogenated alkanes) is 1. The SMILES string of the molecule is CCCCNC(=O)C(C)S(=O)c1cc(Cl)ccc1N. The monoisotopic (exact) mass is 302 g/mol. The quantitative estimate of drug-likeness (QED) is 0.626. The number of nitrogen functional groups attached to an aromatic ring is 1. The summed E-state index contributed by atoms with van der Waals surface area (Å²) in [5.74, 6) is -0.230. The van der Waals surface area contributed by atoms with E-state index in [4.69, 9.17) is 17.3 Å². The van der Waals surface area contributed by atoms with Crippen molar-refractivity contribution in [1.82, 2.24) is 5.32 Å². The maximum Gasteiger partial charge on any atom is 0.235 e. The van der Waals surface area contributed by atoms with Gasteiger partial charge in [0.05, 0.1) is 15.7 Å². The molecule has 0 aromatic heterocycles. The predicted octanol–water partition coefficient (Wildman–Crippen LogP) is 2.33. The molecule has 6 heteroatoms. The summed E-state index contributed by atoms with van der Waals surface area (Å²) in [7, 11) is -1.51. The fraction of sp³-hybridized carbons (Fsp3) is 0.462. The van der Waals surface area contributed by atoms with Crippen molar-refractivity contribution in [3.8, 4) is 0 Å². The van der Waals surface area contributed by atoms with Gasteiger partial charge in [-0.15, -0.1) is 0 Å². The van der Waals surface area contributed by atoms with Gasteiger partial charge in [-0.05, 0) is 31.5 Å². The molecule has 19 heavy (non-hydrogen) atoms. The summed E-state index contributed by atoms with van der Waals surface area (Å²) in [6.45, 7) is 4.26. The predicted molar refractivity (Wildman–Crippen MR) is 79.7 cm³/mol. The van der Waals surface area contributed by atoms with E-state index in [9.17, 15) is 9.00 Å². The minimum atomic E-state index is -1.51. The average Bonchev–Trinajstić information content (AvgIpc) is 2.40. The van der Waals surface area contributed by atoms with Crippen LogP contribution < -0.4 is 11.1 Å². The third-order valence-corrected chi connectivity index (χ3v) is 4.59. The maximum absolute atomic E-state index is 12.3. The molecule has 0 aliphatic carbocycles. The van der Waals surface area contributed by atoms with Gasteiger partial charge >= 0.3 is 0 Å². The standard InChI is InChI=1S/C13H19ClN2O2S/c1-3-4-7-16-13(17)9(2)19(18)12-8-10(14)5-6-11(12)15/h5-6,8-9H,3-4,7,15H2,1-2H3,(H,16,17). The summed E-state index contributed by atoms with van der Waals surface area (Å²) in [6, 6.07) is 4.77. The molecule has 2 atom stereocenters. The lowest BCUT2D eigenvalue weighted by atomic mass is 10.3. The Hall–Kier alpha value is -1.07. The van der Waals surface area contributed by atoms with Crippen molar-refractivity contribution >= 4 is 34.0 Å². The van der Waals surface area contributed by atoms with Gasteiger partial charge in [0.2, 0.25) is 5.91 Å². The van der Waals surface area contributed by atoms with Crippen LogP contribution in [0.25, 0.3) is 0 Å². The highest BCUT2D eigenvalue weighted by Crippen LogP contribution is 2.23. The van der Waals surface area contributed by atoms with E-state index in [1.54, 1.807) is 25.1 Å². The Bertz CT molecular complexity index is 480. The highest BCUT2D eigenvalue weighted by molar-refractivity contribution is 7.86. The Morgan fingerprint density at radius 1 is 1.53 bits per heavy atom. The number of benzene rings is 1. The topological polar surface area (TPSA) is 72.2 Å². The van der Waals surface area contributed by atoms with Crippen molar-refractivity contribution in [2.75, 3.05) is 12.3 Å². The average molecular weight is 303 g/mol. The Kier molecular flexibility index (Phi) is 6.31.